The van der Waals surface area contributed by atoms with Crippen molar-refractivity contribution < 1.29 is 0 Å². The third kappa shape index (κ3) is 2.07. The van der Waals surface area contributed by atoms with Crippen molar-refractivity contribution in [2.45, 2.75) is 40.0 Å². The highest BCUT2D eigenvalue weighted by Crippen LogP contribution is 2.48. The number of hydrogen-bond donors (Lipinski definition) is 1. The van der Waals surface area contributed by atoms with Crippen LogP contribution in [0.25, 0.3) is 0 Å². The van der Waals surface area contributed by atoms with Gasteiger partial charge in [-0.15, -0.1) is 0 Å². The summed E-state index contributed by atoms with van der Waals surface area (Å²) in [6.07, 6.45) is 3.81. The van der Waals surface area contributed by atoms with Gasteiger partial charge in [-0.05, 0) is 68.7 Å². The standard InChI is InChI=1S/C14H21N/c1-10-6-11(2)13(12(3)7-10)8-14(9-15)4-5-14/h6-7H,4-5,8-9,15H2,1-3H3. The summed E-state index contributed by atoms with van der Waals surface area (Å²) < 4.78 is 0. The zero-order valence-electron chi connectivity index (χ0n) is 10.1. The second-order valence-electron chi connectivity index (χ2n) is 5.26. The van der Waals surface area contributed by atoms with E-state index < -0.39 is 0 Å². The quantitative estimate of drug-likeness (QED) is 0.803. The van der Waals surface area contributed by atoms with Crippen LogP contribution in [-0.4, -0.2) is 6.54 Å². The van der Waals surface area contributed by atoms with Crippen LogP contribution in [0.15, 0.2) is 12.1 Å². The van der Waals surface area contributed by atoms with Gasteiger partial charge in [0.2, 0.25) is 0 Å². The summed E-state index contributed by atoms with van der Waals surface area (Å²) in [6, 6.07) is 4.57. The lowest BCUT2D eigenvalue weighted by Gasteiger charge is -2.17. The first kappa shape index (κ1) is 10.7. The Morgan fingerprint density at radius 3 is 2.07 bits per heavy atom. The van der Waals surface area contributed by atoms with Gasteiger partial charge in [-0.1, -0.05) is 17.7 Å². The first-order valence-electron chi connectivity index (χ1n) is 5.83. The van der Waals surface area contributed by atoms with Crippen molar-refractivity contribution in [1.82, 2.24) is 0 Å². The Morgan fingerprint density at radius 1 is 1.13 bits per heavy atom. The molecule has 0 bridgehead atoms. The van der Waals surface area contributed by atoms with Crippen LogP contribution in [0, 0.1) is 26.2 Å². The van der Waals surface area contributed by atoms with Crippen LogP contribution in [-0.2, 0) is 6.42 Å². The average molecular weight is 203 g/mol. The predicted molar refractivity (Wildman–Crippen MR) is 65.1 cm³/mol. The fourth-order valence-corrected chi connectivity index (χ4v) is 2.49. The highest BCUT2D eigenvalue weighted by atomic mass is 14.6. The number of aryl methyl sites for hydroxylation is 3. The van der Waals surface area contributed by atoms with E-state index in [0.29, 0.717) is 5.41 Å². The van der Waals surface area contributed by atoms with Crippen LogP contribution in [0.1, 0.15) is 35.1 Å². The van der Waals surface area contributed by atoms with E-state index in [2.05, 4.69) is 32.9 Å². The molecule has 0 saturated heterocycles. The summed E-state index contributed by atoms with van der Waals surface area (Å²) in [5, 5.41) is 0. The van der Waals surface area contributed by atoms with Crippen LogP contribution in [0.2, 0.25) is 0 Å². The molecule has 1 nitrogen and oxygen atoms in total. The van der Waals surface area contributed by atoms with Gasteiger partial charge in [0.05, 0.1) is 0 Å². The predicted octanol–water partition coefficient (Wildman–Crippen LogP) is 2.89. The molecule has 2 N–H and O–H groups in total. The number of nitrogens with two attached hydrogens (primary N) is 1. The first-order valence-corrected chi connectivity index (χ1v) is 5.83. The minimum Gasteiger partial charge on any atom is -0.330 e. The minimum absolute atomic E-state index is 0.449. The van der Waals surface area contributed by atoms with E-state index in [9.17, 15) is 0 Å². The van der Waals surface area contributed by atoms with Crippen molar-refractivity contribution in [2.75, 3.05) is 6.54 Å². The van der Waals surface area contributed by atoms with Crippen LogP contribution < -0.4 is 5.73 Å². The molecule has 0 aromatic heterocycles. The molecule has 1 fully saturated rings. The van der Waals surface area contributed by atoms with Crippen molar-refractivity contribution in [3.63, 3.8) is 0 Å². The smallest absolute Gasteiger partial charge is 0.00173 e. The zero-order valence-corrected chi connectivity index (χ0v) is 10.1. The molecule has 1 saturated carbocycles. The van der Waals surface area contributed by atoms with Gasteiger partial charge in [-0.2, -0.15) is 0 Å². The zero-order chi connectivity index (χ0) is 11.1. The SMILES string of the molecule is Cc1cc(C)c(CC2(CN)CC2)c(C)c1. The lowest BCUT2D eigenvalue weighted by atomic mass is 9.89. The minimum atomic E-state index is 0.449. The van der Waals surface area contributed by atoms with Crippen molar-refractivity contribution in [1.29, 1.82) is 0 Å². The molecule has 1 aliphatic rings. The van der Waals surface area contributed by atoms with E-state index in [4.69, 9.17) is 5.73 Å². The molecule has 0 amide bonds. The van der Waals surface area contributed by atoms with Gasteiger partial charge in [0.15, 0.2) is 0 Å². The van der Waals surface area contributed by atoms with E-state index in [0.717, 1.165) is 6.54 Å². The van der Waals surface area contributed by atoms with Crippen LogP contribution in [0.5, 0.6) is 0 Å². The van der Waals surface area contributed by atoms with Crippen LogP contribution in [0.4, 0.5) is 0 Å². The van der Waals surface area contributed by atoms with Crippen molar-refractivity contribution in [3.05, 3.63) is 34.4 Å². The van der Waals surface area contributed by atoms with Crippen LogP contribution in [0.3, 0.4) is 0 Å². The highest BCUT2D eigenvalue weighted by molar-refractivity contribution is 5.38. The van der Waals surface area contributed by atoms with Gasteiger partial charge >= 0.3 is 0 Å². The van der Waals surface area contributed by atoms with Gasteiger partial charge in [0.25, 0.3) is 0 Å². The molecule has 82 valence electrons. The third-order valence-electron chi connectivity index (χ3n) is 3.78. The fraction of sp³-hybridized carbons (Fsp3) is 0.571. The second-order valence-corrected chi connectivity index (χ2v) is 5.26. The van der Waals surface area contributed by atoms with E-state index in [1.807, 2.05) is 0 Å². The lowest BCUT2D eigenvalue weighted by molar-refractivity contribution is 0.518. The molecular formula is C14H21N. The summed E-state index contributed by atoms with van der Waals surface area (Å²) in [5.74, 6) is 0. The topological polar surface area (TPSA) is 26.0 Å². The largest absolute Gasteiger partial charge is 0.330 e. The third-order valence-corrected chi connectivity index (χ3v) is 3.78. The lowest BCUT2D eigenvalue weighted by Crippen LogP contribution is -2.19. The summed E-state index contributed by atoms with van der Waals surface area (Å²) >= 11 is 0. The molecule has 0 atom stereocenters. The second kappa shape index (κ2) is 3.64. The normalized spacial score (nSPS) is 17.9. The summed E-state index contributed by atoms with van der Waals surface area (Å²) in [7, 11) is 0. The Hall–Kier alpha value is -0.820. The van der Waals surface area contributed by atoms with Gasteiger partial charge in [0, 0.05) is 0 Å². The van der Waals surface area contributed by atoms with E-state index in [1.54, 1.807) is 0 Å². The maximum Gasteiger partial charge on any atom is -0.00173 e. The van der Waals surface area contributed by atoms with Crippen LogP contribution >= 0.6 is 0 Å². The maximum absolute atomic E-state index is 5.85. The summed E-state index contributed by atoms with van der Waals surface area (Å²) in [6.45, 7) is 7.46. The van der Waals surface area contributed by atoms with Crippen molar-refractivity contribution >= 4 is 0 Å². The molecule has 0 unspecified atom stereocenters. The van der Waals surface area contributed by atoms with E-state index in [-0.39, 0.29) is 0 Å². The molecule has 0 heterocycles. The maximum atomic E-state index is 5.85. The Balaban J connectivity index is 2.28. The number of rotatable bonds is 3. The highest BCUT2D eigenvalue weighted by Gasteiger charge is 2.41. The average Bonchev–Trinajstić information content (AvgIpc) is 2.92. The molecule has 1 aromatic rings. The molecule has 0 radical (unpaired) electrons. The Kier molecular flexibility index (Phi) is 2.59. The number of benzene rings is 1. The molecule has 15 heavy (non-hydrogen) atoms. The molecule has 2 rings (SSSR count). The first-order chi connectivity index (χ1) is 7.06. The molecule has 1 heteroatoms. The Morgan fingerprint density at radius 2 is 1.67 bits per heavy atom. The fourth-order valence-electron chi connectivity index (χ4n) is 2.49. The molecular weight excluding hydrogens is 182 g/mol. The van der Waals surface area contributed by atoms with Crippen molar-refractivity contribution in [3.8, 4) is 0 Å². The van der Waals surface area contributed by atoms with Crippen molar-refractivity contribution in [2.24, 2.45) is 11.1 Å². The van der Waals surface area contributed by atoms with E-state index in [1.165, 1.54) is 41.5 Å². The van der Waals surface area contributed by atoms with E-state index >= 15 is 0 Å². The molecule has 0 spiro atoms. The Bertz CT molecular complexity index is 352. The summed E-state index contributed by atoms with van der Waals surface area (Å²) in [4.78, 5) is 0. The van der Waals surface area contributed by atoms with Gasteiger partial charge in [-0.3, -0.25) is 0 Å². The van der Waals surface area contributed by atoms with Gasteiger partial charge < -0.3 is 5.73 Å². The Labute approximate surface area is 92.7 Å². The molecule has 1 aliphatic carbocycles. The monoisotopic (exact) mass is 203 g/mol. The molecule has 0 aliphatic heterocycles. The van der Waals surface area contributed by atoms with Gasteiger partial charge in [-0.25, -0.2) is 0 Å². The van der Waals surface area contributed by atoms with Gasteiger partial charge in [0.1, 0.15) is 0 Å². The molecule has 1 aromatic carbocycles. The summed E-state index contributed by atoms with van der Waals surface area (Å²) in [5.41, 5.74) is 12.1. The number of hydrogen-bond acceptors (Lipinski definition) is 1.